The van der Waals surface area contributed by atoms with Gasteiger partial charge in [-0.25, -0.2) is 4.79 Å². The van der Waals surface area contributed by atoms with Gasteiger partial charge in [-0.2, -0.15) is 0 Å². The zero-order valence-electron chi connectivity index (χ0n) is 16.9. The fourth-order valence-electron chi connectivity index (χ4n) is 6.89. The van der Waals surface area contributed by atoms with Crippen LogP contribution in [0, 0.1) is 23.2 Å². The summed E-state index contributed by atoms with van der Waals surface area (Å²) in [6, 6.07) is 0. The first-order valence-electron chi connectivity index (χ1n) is 11.2. The van der Waals surface area contributed by atoms with Gasteiger partial charge in [-0.05, 0) is 81.0 Å². The molecule has 27 heavy (non-hydrogen) atoms. The third kappa shape index (κ3) is 4.21. The van der Waals surface area contributed by atoms with Gasteiger partial charge in [-0.15, -0.1) is 0 Å². The minimum atomic E-state index is -0.800. The molecule has 4 heteroatoms. The quantitative estimate of drug-likeness (QED) is 0.319. The molecular formula is C23H36O4. The molecule has 1 saturated heterocycles. The van der Waals surface area contributed by atoms with E-state index in [1.165, 1.54) is 51.4 Å². The lowest BCUT2D eigenvalue weighted by Crippen LogP contribution is -2.46. The number of ether oxygens (including phenoxy) is 2. The second-order valence-corrected chi connectivity index (χ2v) is 10.0. The van der Waals surface area contributed by atoms with E-state index in [0.717, 1.165) is 43.6 Å². The largest absolute Gasteiger partial charge is 0.501 e. The molecule has 0 aromatic carbocycles. The van der Waals surface area contributed by atoms with Gasteiger partial charge >= 0.3 is 5.97 Å². The Labute approximate surface area is 163 Å². The summed E-state index contributed by atoms with van der Waals surface area (Å²) < 4.78 is 11.6. The van der Waals surface area contributed by atoms with Gasteiger partial charge in [0, 0.05) is 6.42 Å². The number of aliphatic carboxylic acids is 1. The van der Waals surface area contributed by atoms with Crippen molar-refractivity contribution in [3.05, 3.63) is 11.8 Å². The molecule has 4 aliphatic carbocycles. The first-order valence-corrected chi connectivity index (χ1v) is 11.2. The van der Waals surface area contributed by atoms with E-state index in [4.69, 9.17) is 9.47 Å². The molecule has 1 atom stereocenters. The lowest BCUT2D eigenvalue weighted by Gasteiger charge is -2.57. The molecule has 4 bridgehead atoms. The summed E-state index contributed by atoms with van der Waals surface area (Å²) in [6.45, 7) is 3.61. The molecule has 4 nitrogen and oxygen atoms in total. The summed E-state index contributed by atoms with van der Waals surface area (Å²) in [4.78, 5) is 11.9. The number of carboxylic acids is 1. The molecule has 0 amide bonds. The van der Waals surface area contributed by atoms with E-state index in [-0.39, 0.29) is 11.0 Å². The Balaban J connectivity index is 1.32. The van der Waals surface area contributed by atoms with Crippen molar-refractivity contribution >= 4 is 5.97 Å². The van der Waals surface area contributed by atoms with Crippen LogP contribution in [0.15, 0.2) is 11.8 Å². The standard InChI is InChI=1S/C23H36O4/c1-2-3-4-23(6-8-27-23)5-7-26-16-20(21(24)25)15-22-12-17-9-18(13-22)11-19(10-17)14-22/h16-19H,2-15H2,1H3,(H,24,25). The number of unbranched alkanes of at least 4 members (excludes halogenated alkanes) is 1. The number of hydrogen-bond acceptors (Lipinski definition) is 3. The molecule has 5 fully saturated rings. The summed E-state index contributed by atoms with van der Waals surface area (Å²) in [6.07, 6.45) is 15.6. The summed E-state index contributed by atoms with van der Waals surface area (Å²) >= 11 is 0. The predicted molar refractivity (Wildman–Crippen MR) is 104 cm³/mol. The van der Waals surface area contributed by atoms with Crippen molar-refractivity contribution in [3.8, 4) is 0 Å². The van der Waals surface area contributed by atoms with Gasteiger partial charge in [0.25, 0.3) is 0 Å². The van der Waals surface area contributed by atoms with Crippen molar-refractivity contribution in [1.82, 2.24) is 0 Å². The van der Waals surface area contributed by atoms with E-state index in [2.05, 4.69) is 6.92 Å². The Morgan fingerprint density at radius 2 is 1.78 bits per heavy atom. The van der Waals surface area contributed by atoms with Crippen LogP contribution in [-0.2, 0) is 14.3 Å². The normalized spacial score (nSPS) is 40.0. The smallest absolute Gasteiger partial charge is 0.334 e. The first kappa shape index (κ1) is 19.3. The van der Waals surface area contributed by atoms with Gasteiger partial charge in [0.1, 0.15) is 0 Å². The predicted octanol–water partition coefficient (Wildman–Crippen LogP) is 5.32. The number of carbonyl (C=O) groups is 1. The highest BCUT2D eigenvalue weighted by Gasteiger charge is 2.51. The van der Waals surface area contributed by atoms with E-state index in [0.29, 0.717) is 18.6 Å². The van der Waals surface area contributed by atoms with Gasteiger partial charge in [0.2, 0.25) is 0 Å². The average Bonchev–Trinajstić information content (AvgIpc) is 2.57. The third-order valence-corrected chi connectivity index (χ3v) is 7.86. The first-order chi connectivity index (χ1) is 13.0. The lowest BCUT2D eigenvalue weighted by molar-refractivity contribution is -0.161. The van der Waals surface area contributed by atoms with Crippen LogP contribution in [0.4, 0.5) is 0 Å². The second kappa shape index (κ2) is 7.77. The molecule has 5 aliphatic rings. The zero-order chi connectivity index (χ0) is 18.9. The summed E-state index contributed by atoms with van der Waals surface area (Å²) in [5.41, 5.74) is 0.712. The van der Waals surface area contributed by atoms with Gasteiger partial charge in [0.15, 0.2) is 0 Å². The maximum Gasteiger partial charge on any atom is 0.334 e. The van der Waals surface area contributed by atoms with Crippen molar-refractivity contribution in [3.63, 3.8) is 0 Å². The van der Waals surface area contributed by atoms with E-state index < -0.39 is 5.97 Å². The zero-order valence-corrected chi connectivity index (χ0v) is 16.9. The Kier molecular flexibility index (Phi) is 5.55. The SMILES string of the molecule is CCCCC1(CCOC=C(CC23CC4CC(CC(C4)C2)C3)C(=O)O)CCO1. The van der Waals surface area contributed by atoms with Crippen LogP contribution in [0.3, 0.4) is 0 Å². The third-order valence-electron chi connectivity index (χ3n) is 7.86. The minimum absolute atomic E-state index is 0.00678. The van der Waals surface area contributed by atoms with Gasteiger partial charge in [-0.3, -0.25) is 0 Å². The highest BCUT2D eigenvalue weighted by atomic mass is 16.5. The van der Waals surface area contributed by atoms with Crippen LogP contribution in [0.2, 0.25) is 0 Å². The van der Waals surface area contributed by atoms with E-state index in [9.17, 15) is 9.90 Å². The van der Waals surface area contributed by atoms with Gasteiger partial charge in [-0.1, -0.05) is 19.8 Å². The van der Waals surface area contributed by atoms with Crippen LogP contribution in [-0.4, -0.2) is 29.9 Å². The molecule has 1 unspecified atom stereocenters. The fourth-order valence-corrected chi connectivity index (χ4v) is 6.89. The van der Waals surface area contributed by atoms with Crippen LogP contribution in [0.1, 0.15) is 84.0 Å². The number of carboxylic acid groups (broad SMARTS) is 1. The highest BCUT2D eigenvalue weighted by Crippen LogP contribution is 2.62. The molecule has 1 heterocycles. The number of hydrogen-bond donors (Lipinski definition) is 1. The monoisotopic (exact) mass is 376 g/mol. The Morgan fingerprint density at radius 1 is 1.15 bits per heavy atom. The van der Waals surface area contributed by atoms with E-state index in [1.54, 1.807) is 6.26 Å². The lowest BCUT2D eigenvalue weighted by atomic mass is 9.48. The average molecular weight is 377 g/mol. The number of rotatable bonds is 10. The Bertz CT molecular complexity index is 540. The van der Waals surface area contributed by atoms with Crippen molar-refractivity contribution in [1.29, 1.82) is 0 Å². The highest BCUT2D eigenvalue weighted by molar-refractivity contribution is 5.86. The van der Waals surface area contributed by atoms with E-state index in [1.807, 2.05) is 0 Å². The topological polar surface area (TPSA) is 55.8 Å². The van der Waals surface area contributed by atoms with Crippen molar-refractivity contribution < 1.29 is 19.4 Å². The van der Waals surface area contributed by atoms with Crippen LogP contribution in [0.5, 0.6) is 0 Å². The maximum absolute atomic E-state index is 11.9. The van der Waals surface area contributed by atoms with Crippen LogP contribution >= 0.6 is 0 Å². The van der Waals surface area contributed by atoms with Crippen LogP contribution in [0.25, 0.3) is 0 Å². The molecule has 1 N–H and O–H groups in total. The Morgan fingerprint density at radius 3 is 2.26 bits per heavy atom. The molecule has 0 radical (unpaired) electrons. The van der Waals surface area contributed by atoms with Crippen molar-refractivity contribution in [2.75, 3.05) is 13.2 Å². The van der Waals surface area contributed by atoms with Gasteiger partial charge < -0.3 is 14.6 Å². The van der Waals surface area contributed by atoms with Crippen LogP contribution < -0.4 is 0 Å². The summed E-state index contributed by atoms with van der Waals surface area (Å²) in [5.74, 6) is 1.75. The second-order valence-electron chi connectivity index (χ2n) is 10.0. The molecule has 0 spiro atoms. The van der Waals surface area contributed by atoms with Gasteiger partial charge in [0.05, 0.1) is 30.6 Å². The molecular weight excluding hydrogens is 340 g/mol. The fraction of sp³-hybridized carbons (Fsp3) is 0.870. The summed E-state index contributed by atoms with van der Waals surface area (Å²) in [5, 5.41) is 9.73. The summed E-state index contributed by atoms with van der Waals surface area (Å²) in [7, 11) is 0. The van der Waals surface area contributed by atoms with E-state index >= 15 is 0 Å². The van der Waals surface area contributed by atoms with Crippen molar-refractivity contribution in [2.45, 2.75) is 89.6 Å². The molecule has 0 aromatic rings. The molecule has 0 aromatic heterocycles. The van der Waals surface area contributed by atoms with Crippen molar-refractivity contribution in [2.24, 2.45) is 23.2 Å². The maximum atomic E-state index is 11.9. The minimum Gasteiger partial charge on any atom is -0.501 e. The molecule has 5 rings (SSSR count). The molecule has 1 aliphatic heterocycles. The molecule has 4 saturated carbocycles. The molecule has 152 valence electrons. The Hall–Kier alpha value is -1.03.